The predicted octanol–water partition coefficient (Wildman–Crippen LogP) is 3.22. The topological polar surface area (TPSA) is 97.8 Å². The van der Waals surface area contributed by atoms with E-state index in [0.717, 1.165) is 38.2 Å². The first-order chi connectivity index (χ1) is 16.2. The highest BCUT2D eigenvalue weighted by molar-refractivity contribution is 6.02. The Balaban J connectivity index is 1.58. The van der Waals surface area contributed by atoms with Crippen LogP contribution in [0.5, 0.6) is 11.5 Å². The molecule has 3 aromatic rings. The summed E-state index contributed by atoms with van der Waals surface area (Å²) in [4.78, 5) is 22.9. The lowest BCUT2D eigenvalue weighted by Gasteiger charge is -2.26. The molecule has 172 valence electrons. The smallest absolute Gasteiger partial charge is 0.247 e. The van der Waals surface area contributed by atoms with Crippen LogP contribution < -0.4 is 20.1 Å². The Labute approximate surface area is 192 Å². The molecule has 9 nitrogen and oxygen atoms in total. The minimum Gasteiger partial charge on any atom is -0.493 e. The Morgan fingerprint density at radius 2 is 1.97 bits per heavy atom. The van der Waals surface area contributed by atoms with E-state index in [0.29, 0.717) is 40.8 Å². The molecule has 0 spiro atoms. The van der Waals surface area contributed by atoms with E-state index < -0.39 is 0 Å². The van der Waals surface area contributed by atoms with Crippen molar-refractivity contribution in [1.29, 1.82) is 0 Å². The molecular formula is C24H27N5O4. The maximum absolute atomic E-state index is 11.8. The number of para-hydroxylation sites is 2. The number of hydrogen-bond donors (Lipinski definition) is 2. The van der Waals surface area contributed by atoms with E-state index in [1.54, 1.807) is 13.2 Å². The van der Waals surface area contributed by atoms with E-state index in [9.17, 15) is 4.79 Å². The molecule has 0 unspecified atom stereocenters. The number of methoxy groups -OCH3 is 1. The first kappa shape index (κ1) is 22.5. The number of carbonyl (C=O) groups is 1. The molecule has 1 amide bonds. The van der Waals surface area contributed by atoms with Crippen molar-refractivity contribution in [2.75, 3.05) is 57.2 Å². The largest absolute Gasteiger partial charge is 0.493 e. The molecule has 1 fully saturated rings. The molecular weight excluding hydrogens is 422 g/mol. The highest BCUT2D eigenvalue weighted by Gasteiger charge is 2.15. The Morgan fingerprint density at radius 3 is 2.73 bits per heavy atom. The number of hydrogen-bond acceptors (Lipinski definition) is 8. The third-order valence-electron chi connectivity index (χ3n) is 5.31. The number of nitrogens with zero attached hydrogens (tertiary/aromatic N) is 3. The van der Waals surface area contributed by atoms with Crippen molar-refractivity contribution >= 4 is 34.0 Å². The van der Waals surface area contributed by atoms with Gasteiger partial charge in [0.25, 0.3) is 0 Å². The zero-order valence-electron chi connectivity index (χ0n) is 18.5. The fourth-order valence-corrected chi connectivity index (χ4v) is 3.56. The molecule has 9 heteroatoms. The second-order valence-electron chi connectivity index (χ2n) is 7.41. The molecule has 0 radical (unpaired) electrons. The number of fused-ring (bicyclic) bond motifs is 1. The fourth-order valence-electron chi connectivity index (χ4n) is 3.56. The quantitative estimate of drug-likeness (QED) is 0.481. The summed E-state index contributed by atoms with van der Waals surface area (Å²) < 4.78 is 17.0. The van der Waals surface area contributed by atoms with Crippen molar-refractivity contribution in [2.24, 2.45) is 0 Å². The van der Waals surface area contributed by atoms with E-state index in [1.807, 2.05) is 30.3 Å². The van der Waals surface area contributed by atoms with Crippen LogP contribution in [0.3, 0.4) is 0 Å². The van der Waals surface area contributed by atoms with E-state index in [2.05, 4.69) is 32.1 Å². The number of carbonyl (C=O) groups excluding carboxylic acids is 1. The second-order valence-corrected chi connectivity index (χ2v) is 7.41. The van der Waals surface area contributed by atoms with Gasteiger partial charge < -0.3 is 24.8 Å². The maximum Gasteiger partial charge on any atom is 0.247 e. The average molecular weight is 450 g/mol. The molecule has 1 aromatic heterocycles. The van der Waals surface area contributed by atoms with Crippen LogP contribution in [0.25, 0.3) is 10.9 Å². The van der Waals surface area contributed by atoms with Gasteiger partial charge in [-0.3, -0.25) is 9.69 Å². The number of nitrogens with one attached hydrogen (secondary N) is 2. The molecule has 0 saturated carbocycles. The summed E-state index contributed by atoms with van der Waals surface area (Å²) in [5.74, 6) is 1.51. The second kappa shape index (κ2) is 10.8. The van der Waals surface area contributed by atoms with Crippen LogP contribution in [-0.4, -0.2) is 67.3 Å². The molecule has 0 bridgehead atoms. The van der Waals surface area contributed by atoms with Gasteiger partial charge in [0.2, 0.25) is 5.91 Å². The van der Waals surface area contributed by atoms with Gasteiger partial charge in [0.15, 0.2) is 11.5 Å². The third-order valence-corrected chi connectivity index (χ3v) is 5.31. The summed E-state index contributed by atoms with van der Waals surface area (Å²) in [6.45, 7) is 8.14. The van der Waals surface area contributed by atoms with E-state index in [1.165, 1.54) is 12.4 Å². The summed E-state index contributed by atoms with van der Waals surface area (Å²) in [7, 11) is 1.61. The van der Waals surface area contributed by atoms with Crippen LogP contribution in [0.4, 0.5) is 17.2 Å². The normalized spacial score (nSPS) is 14.0. The van der Waals surface area contributed by atoms with E-state index in [-0.39, 0.29) is 5.91 Å². The average Bonchev–Trinajstić information content (AvgIpc) is 2.85. The number of ether oxygens (including phenoxy) is 3. The molecule has 4 rings (SSSR count). The first-order valence-corrected chi connectivity index (χ1v) is 10.7. The van der Waals surface area contributed by atoms with Crippen molar-refractivity contribution in [1.82, 2.24) is 14.9 Å². The summed E-state index contributed by atoms with van der Waals surface area (Å²) in [6.07, 6.45) is 2.71. The number of benzene rings is 2. The molecule has 33 heavy (non-hydrogen) atoms. The van der Waals surface area contributed by atoms with Gasteiger partial charge in [0, 0.05) is 31.1 Å². The van der Waals surface area contributed by atoms with Gasteiger partial charge in [-0.2, -0.15) is 0 Å². The minimum atomic E-state index is -0.294. The molecule has 2 N–H and O–H groups in total. The first-order valence-electron chi connectivity index (χ1n) is 10.7. The Morgan fingerprint density at radius 1 is 1.18 bits per heavy atom. The van der Waals surface area contributed by atoms with Gasteiger partial charge >= 0.3 is 0 Å². The van der Waals surface area contributed by atoms with Crippen LogP contribution in [0, 0.1) is 0 Å². The van der Waals surface area contributed by atoms with Crippen LogP contribution >= 0.6 is 0 Å². The zero-order chi connectivity index (χ0) is 23.0. The Kier molecular flexibility index (Phi) is 7.33. The molecule has 2 heterocycles. The summed E-state index contributed by atoms with van der Waals surface area (Å²) in [5, 5.41) is 6.86. The van der Waals surface area contributed by atoms with Crippen LogP contribution in [0.15, 0.2) is 55.4 Å². The number of anilines is 3. The number of aromatic nitrogens is 2. The lowest BCUT2D eigenvalue weighted by Crippen LogP contribution is -2.38. The molecule has 1 aliphatic rings. The van der Waals surface area contributed by atoms with Gasteiger partial charge in [0.1, 0.15) is 18.8 Å². The van der Waals surface area contributed by atoms with Gasteiger partial charge in [-0.05, 0) is 24.3 Å². The lowest BCUT2D eigenvalue weighted by atomic mass is 10.2. The fraction of sp³-hybridized carbons (Fsp3) is 0.292. The highest BCUT2D eigenvalue weighted by Crippen LogP contribution is 2.35. The van der Waals surface area contributed by atoms with E-state index in [4.69, 9.17) is 14.2 Å². The van der Waals surface area contributed by atoms with Crippen molar-refractivity contribution in [3.8, 4) is 11.5 Å². The number of morpholine rings is 1. The van der Waals surface area contributed by atoms with Crippen molar-refractivity contribution in [2.45, 2.75) is 0 Å². The number of rotatable bonds is 9. The SMILES string of the molecule is C=CC(=O)Nc1ccccc1Nc1ncnc2cc(OC)c(OCCN3CCOCC3)cc12. The van der Waals surface area contributed by atoms with Crippen LogP contribution in [0.1, 0.15) is 0 Å². The summed E-state index contributed by atoms with van der Waals surface area (Å²) >= 11 is 0. The molecule has 0 aliphatic carbocycles. The third kappa shape index (κ3) is 5.57. The van der Waals surface area contributed by atoms with Gasteiger partial charge in [-0.1, -0.05) is 18.7 Å². The predicted molar refractivity (Wildman–Crippen MR) is 127 cm³/mol. The summed E-state index contributed by atoms with van der Waals surface area (Å²) in [5.41, 5.74) is 2.01. The molecule has 1 aliphatic heterocycles. The monoisotopic (exact) mass is 449 g/mol. The molecule has 1 saturated heterocycles. The highest BCUT2D eigenvalue weighted by atomic mass is 16.5. The maximum atomic E-state index is 11.8. The van der Waals surface area contributed by atoms with Crippen LogP contribution in [0.2, 0.25) is 0 Å². The zero-order valence-corrected chi connectivity index (χ0v) is 18.5. The van der Waals surface area contributed by atoms with Crippen molar-refractivity contribution < 1.29 is 19.0 Å². The van der Waals surface area contributed by atoms with E-state index >= 15 is 0 Å². The van der Waals surface area contributed by atoms with Crippen molar-refractivity contribution in [3.05, 3.63) is 55.4 Å². The van der Waals surface area contributed by atoms with Gasteiger partial charge in [-0.15, -0.1) is 0 Å². The summed E-state index contributed by atoms with van der Waals surface area (Å²) in [6, 6.07) is 11.1. The minimum absolute atomic E-state index is 0.294. The van der Waals surface area contributed by atoms with Gasteiger partial charge in [-0.25, -0.2) is 9.97 Å². The number of amides is 1. The Bertz CT molecular complexity index is 1130. The Hall–Kier alpha value is -3.69. The molecule has 0 atom stereocenters. The standard InChI is InChI=1S/C24H27N5O4/c1-3-23(30)27-18-6-4-5-7-19(18)28-24-17-14-22(21(31-2)15-20(17)25-16-26-24)33-13-10-29-8-11-32-12-9-29/h3-7,14-16H,1,8-13H2,2H3,(H,27,30)(H,25,26,28). The van der Waals surface area contributed by atoms with Crippen molar-refractivity contribution in [3.63, 3.8) is 0 Å². The van der Waals surface area contributed by atoms with Crippen LogP contribution in [-0.2, 0) is 9.53 Å². The molecule has 2 aromatic carbocycles. The lowest BCUT2D eigenvalue weighted by molar-refractivity contribution is -0.111. The van der Waals surface area contributed by atoms with Gasteiger partial charge in [0.05, 0.1) is 37.2 Å².